The summed E-state index contributed by atoms with van der Waals surface area (Å²) in [5, 5.41) is 0. The highest BCUT2D eigenvalue weighted by Crippen LogP contribution is 2.25. The Kier molecular flexibility index (Phi) is 6.71. The van der Waals surface area contributed by atoms with Crippen molar-refractivity contribution >= 4 is 21.6 Å². The first-order valence-electron chi connectivity index (χ1n) is 10.3. The summed E-state index contributed by atoms with van der Waals surface area (Å²) in [6.07, 6.45) is 2.04. The zero-order chi connectivity index (χ0) is 21.9. The molecular formula is C23H30N2O4S. The molecule has 0 radical (unpaired) electrons. The number of nitrogens with zero attached hydrogens (tertiary/aromatic N) is 1. The predicted octanol–water partition coefficient (Wildman–Crippen LogP) is 4.05. The molecule has 0 saturated carbocycles. The number of likely N-dealkylation sites (tertiary alicyclic amines) is 1. The zero-order valence-electron chi connectivity index (χ0n) is 18.1. The molecule has 1 heterocycles. The minimum Gasteiger partial charge on any atom is -0.483 e. The van der Waals surface area contributed by atoms with Gasteiger partial charge in [0, 0.05) is 18.8 Å². The number of benzene rings is 2. The van der Waals surface area contributed by atoms with Crippen molar-refractivity contribution in [1.29, 1.82) is 0 Å². The Labute approximate surface area is 179 Å². The van der Waals surface area contributed by atoms with Gasteiger partial charge in [-0.25, -0.2) is 8.42 Å². The second-order valence-electron chi connectivity index (χ2n) is 8.18. The fraction of sp³-hybridized carbons (Fsp3) is 0.435. The van der Waals surface area contributed by atoms with Crippen molar-refractivity contribution in [2.24, 2.45) is 5.92 Å². The van der Waals surface area contributed by atoms with E-state index in [0.29, 0.717) is 22.9 Å². The second-order valence-corrected chi connectivity index (χ2v) is 9.87. The van der Waals surface area contributed by atoms with Gasteiger partial charge in [-0.1, -0.05) is 13.0 Å². The summed E-state index contributed by atoms with van der Waals surface area (Å²) < 4.78 is 33.8. The molecule has 0 atom stereocenters. The fourth-order valence-corrected chi connectivity index (χ4v) is 4.59. The number of hydrogen-bond donors (Lipinski definition) is 1. The van der Waals surface area contributed by atoms with Crippen LogP contribution in [0.4, 0.5) is 5.69 Å². The Hall–Kier alpha value is -2.54. The van der Waals surface area contributed by atoms with Crippen LogP contribution >= 0.6 is 0 Å². The monoisotopic (exact) mass is 430 g/mol. The third kappa shape index (κ3) is 5.33. The molecule has 0 aromatic heterocycles. The van der Waals surface area contributed by atoms with Crippen LogP contribution in [0, 0.1) is 26.7 Å². The minimum atomic E-state index is -3.72. The summed E-state index contributed by atoms with van der Waals surface area (Å²) in [4.78, 5) is 14.4. The Balaban J connectivity index is 1.65. The molecule has 3 rings (SSSR count). The molecule has 1 N–H and O–H groups in total. The standard InChI is InChI=1S/C23H30N2O4S/c1-16-9-11-25(12-10-16)23(26)15-29-22-8-7-21(14-19(22)4)30(27,28)24-20-6-5-17(2)18(3)13-20/h5-8,13-14,16,24H,9-12,15H2,1-4H3. The lowest BCUT2D eigenvalue weighted by atomic mass is 9.99. The van der Waals surface area contributed by atoms with Crippen LogP contribution in [0.2, 0.25) is 0 Å². The van der Waals surface area contributed by atoms with Gasteiger partial charge >= 0.3 is 0 Å². The van der Waals surface area contributed by atoms with E-state index in [1.54, 1.807) is 25.1 Å². The van der Waals surface area contributed by atoms with Crippen molar-refractivity contribution in [3.63, 3.8) is 0 Å². The van der Waals surface area contributed by atoms with Crippen LogP contribution in [0.25, 0.3) is 0 Å². The highest BCUT2D eigenvalue weighted by molar-refractivity contribution is 7.92. The van der Waals surface area contributed by atoms with Crippen LogP contribution in [0.3, 0.4) is 0 Å². The van der Waals surface area contributed by atoms with E-state index in [9.17, 15) is 13.2 Å². The highest BCUT2D eigenvalue weighted by Gasteiger charge is 2.21. The number of piperidine rings is 1. The molecule has 1 amide bonds. The molecule has 1 fully saturated rings. The molecule has 1 aliphatic heterocycles. The van der Waals surface area contributed by atoms with Crippen molar-refractivity contribution in [3.8, 4) is 5.75 Å². The quantitative estimate of drug-likeness (QED) is 0.750. The Bertz CT molecular complexity index is 1030. The molecular weight excluding hydrogens is 400 g/mol. The van der Waals surface area contributed by atoms with Crippen LogP contribution in [0.5, 0.6) is 5.75 Å². The first-order chi connectivity index (χ1) is 14.2. The minimum absolute atomic E-state index is 0.0330. The second kappa shape index (κ2) is 9.08. The molecule has 0 spiro atoms. The summed E-state index contributed by atoms with van der Waals surface area (Å²) in [5.74, 6) is 1.14. The maximum absolute atomic E-state index is 12.7. The van der Waals surface area contributed by atoms with Gasteiger partial charge in [-0.15, -0.1) is 0 Å². The van der Waals surface area contributed by atoms with Gasteiger partial charge in [0.2, 0.25) is 0 Å². The van der Waals surface area contributed by atoms with Crippen LogP contribution < -0.4 is 9.46 Å². The van der Waals surface area contributed by atoms with Gasteiger partial charge in [0.15, 0.2) is 6.61 Å². The highest BCUT2D eigenvalue weighted by atomic mass is 32.2. The van der Waals surface area contributed by atoms with Gasteiger partial charge < -0.3 is 9.64 Å². The van der Waals surface area contributed by atoms with Gasteiger partial charge in [-0.2, -0.15) is 0 Å². The molecule has 162 valence electrons. The molecule has 0 aliphatic carbocycles. The summed E-state index contributed by atoms with van der Waals surface area (Å²) in [7, 11) is -3.72. The van der Waals surface area contributed by atoms with Gasteiger partial charge in [0.1, 0.15) is 5.75 Å². The third-order valence-corrected chi connectivity index (χ3v) is 7.08. The van der Waals surface area contributed by atoms with Crippen LogP contribution in [0.15, 0.2) is 41.3 Å². The van der Waals surface area contributed by atoms with Crippen molar-refractivity contribution in [2.75, 3.05) is 24.4 Å². The van der Waals surface area contributed by atoms with E-state index in [2.05, 4.69) is 11.6 Å². The molecule has 0 bridgehead atoms. The Morgan fingerprint density at radius 1 is 1.03 bits per heavy atom. The lowest BCUT2D eigenvalue weighted by Crippen LogP contribution is -2.40. The van der Waals surface area contributed by atoms with Crippen molar-refractivity contribution in [2.45, 2.75) is 45.4 Å². The largest absolute Gasteiger partial charge is 0.483 e. The zero-order valence-corrected chi connectivity index (χ0v) is 18.9. The number of carbonyl (C=O) groups excluding carboxylic acids is 1. The number of ether oxygens (including phenoxy) is 1. The molecule has 1 saturated heterocycles. The Morgan fingerprint density at radius 3 is 2.37 bits per heavy atom. The van der Waals surface area contributed by atoms with E-state index in [-0.39, 0.29) is 17.4 Å². The summed E-state index contributed by atoms with van der Waals surface area (Å²) >= 11 is 0. The number of rotatable bonds is 6. The van der Waals surface area contributed by atoms with E-state index in [0.717, 1.165) is 37.1 Å². The van der Waals surface area contributed by atoms with E-state index >= 15 is 0 Å². The normalized spacial score (nSPS) is 15.1. The van der Waals surface area contributed by atoms with E-state index < -0.39 is 10.0 Å². The van der Waals surface area contributed by atoms with Gasteiger partial charge in [0.05, 0.1) is 4.90 Å². The number of aryl methyl sites for hydroxylation is 3. The van der Waals surface area contributed by atoms with E-state index in [4.69, 9.17) is 4.74 Å². The first-order valence-corrected chi connectivity index (χ1v) is 11.8. The number of nitrogens with one attached hydrogen (secondary N) is 1. The summed E-state index contributed by atoms with van der Waals surface area (Å²) in [5.41, 5.74) is 3.31. The van der Waals surface area contributed by atoms with Crippen molar-refractivity contribution in [3.05, 3.63) is 53.1 Å². The summed E-state index contributed by atoms with van der Waals surface area (Å²) in [6.45, 7) is 9.39. The number of amides is 1. The van der Waals surface area contributed by atoms with Crippen LogP contribution in [0.1, 0.15) is 36.5 Å². The maximum atomic E-state index is 12.7. The SMILES string of the molecule is Cc1ccc(NS(=O)(=O)c2ccc(OCC(=O)N3CCC(C)CC3)c(C)c2)cc1C. The lowest BCUT2D eigenvalue weighted by Gasteiger charge is -2.30. The molecule has 30 heavy (non-hydrogen) atoms. The van der Waals surface area contributed by atoms with E-state index in [1.165, 1.54) is 6.07 Å². The van der Waals surface area contributed by atoms with Gasteiger partial charge in [-0.3, -0.25) is 9.52 Å². The van der Waals surface area contributed by atoms with Crippen molar-refractivity contribution < 1.29 is 17.9 Å². The maximum Gasteiger partial charge on any atom is 0.261 e. The molecule has 0 unspecified atom stereocenters. The summed E-state index contributed by atoms with van der Waals surface area (Å²) in [6, 6.07) is 10.1. The third-order valence-electron chi connectivity index (χ3n) is 5.70. The predicted molar refractivity (Wildman–Crippen MR) is 118 cm³/mol. The average molecular weight is 431 g/mol. The van der Waals surface area contributed by atoms with Gasteiger partial charge in [0.25, 0.3) is 15.9 Å². The average Bonchev–Trinajstić information content (AvgIpc) is 2.70. The van der Waals surface area contributed by atoms with Crippen LogP contribution in [-0.4, -0.2) is 38.9 Å². The Morgan fingerprint density at radius 2 is 1.73 bits per heavy atom. The lowest BCUT2D eigenvalue weighted by molar-refractivity contribution is -0.134. The molecule has 2 aromatic carbocycles. The topological polar surface area (TPSA) is 75.7 Å². The van der Waals surface area contributed by atoms with Crippen molar-refractivity contribution in [1.82, 2.24) is 4.90 Å². The van der Waals surface area contributed by atoms with Crippen LogP contribution in [-0.2, 0) is 14.8 Å². The number of hydrogen-bond acceptors (Lipinski definition) is 4. The molecule has 1 aliphatic rings. The number of sulfonamides is 1. The smallest absolute Gasteiger partial charge is 0.261 e. The molecule has 2 aromatic rings. The molecule has 7 heteroatoms. The van der Waals surface area contributed by atoms with E-state index in [1.807, 2.05) is 30.9 Å². The molecule has 6 nitrogen and oxygen atoms in total. The number of carbonyl (C=O) groups is 1. The first kappa shape index (κ1) is 22.2. The van der Waals surface area contributed by atoms with Gasteiger partial charge in [-0.05, 0) is 86.6 Å². The number of anilines is 1. The fourth-order valence-electron chi connectivity index (χ4n) is 3.46.